The molecule has 0 aromatic heterocycles. The molecule has 100 valence electrons. The van der Waals surface area contributed by atoms with Crippen molar-refractivity contribution in [2.45, 2.75) is 39.3 Å². The fourth-order valence-corrected chi connectivity index (χ4v) is 1.94. The van der Waals surface area contributed by atoms with Crippen LogP contribution in [0.2, 0.25) is 5.02 Å². The van der Waals surface area contributed by atoms with Gasteiger partial charge in [0.25, 0.3) is 0 Å². The van der Waals surface area contributed by atoms with Crippen LogP contribution in [0.3, 0.4) is 0 Å². The number of rotatable bonds is 4. The van der Waals surface area contributed by atoms with Crippen molar-refractivity contribution in [3.8, 4) is 0 Å². The number of benzene rings is 1. The number of hydrogen-bond donors (Lipinski definition) is 2. The standard InChI is InChI=1S/C14H21ClN2O/c1-10(11-7-5-6-8-12(11)15)16-9-13(18)17-14(2,3)4/h5-8,10,16H,9H2,1-4H3,(H,17,18)/t10-/m1/s1. The lowest BCUT2D eigenvalue weighted by molar-refractivity contribution is -0.121. The van der Waals surface area contributed by atoms with Crippen LogP contribution in [0.4, 0.5) is 0 Å². The Bertz CT molecular complexity index is 413. The predicted molar refractivity (Wildman–Crippen MR) is 75.8 cm³/mol. The predicted octanol–water partition coefficient (Wildman–Crippen LogP) is 2.91. The van der Waals surface area contributed by atoms with Crippen molar-refractivity contribution in [3.05, 3.63) is 34.9 Å². The summed E-state index contributed by atoms with van der Waals surface area (Å²) in [5, 5.41) is 6.79. The van der Waals surface area contributed by atoms with Crippen molar-refractivity contribution in [2.24, 2.45) is 0 Å². The number of amides is 1. The Morgan fingerprint density at radius 3 is 2.50 bits per heavy atom. The van der Waals surface area contributed by atoms with E-state index in [1.54, 1.807) is 0 Å². The Kier molecular flexibility index (Phi) is 5.17. The summed E-state index contributed by atoms with van der Waals surface area (Å²) in [6, 6.07) is 7.69. The van der Waals surface area contributed by atoms with E-state index in [0.717, 1.165) is 5.56 Å². The molecule has 1 rings (SSSR count). The van der Waals surface area contributed by atoms with E-state index in [9.17, 15) is 4.79 Å². The van der Waals surface area contributed by atoms with Gasteiger partial charge in [-0.05, 0) is 39.3 Å². The first-order valence-electron chi connectivity index (χ1n) is 6.08. The van der Waals surface area contributed by atoms with Crippen molar-refractivity contribution < 1.29 is 4.79 Å². The first kappa shape index (κ1) is 15.0. The van der Waals surface area contributed by atoms with Crippen molar-refractivity contribution in [1.82, 2.24) is 10.6 Å². The third-order valence-electron chi connectivity index (χ3n) is 2.45. The molecule has 0 aliphatic rings. The Hall–Kier alpha value is -1.06. The number of halogens is 1. The minimum absolute atomic E-state index is 0.0126. The Morgan fingerprint density at radius 1 is 1.33 bits per heavy atom. The first-order valence-corrected chi connectivity index (χ1v) is 6.46. The fourth-order valence-electron chi connectivity index (χ4n) is 1.64. The molecule has 0 saturated carbocycles. The third-order valence-corrected chi connectivity index (χ3v) is 2.80. The quantitative estimate of drug-likeness (QED) is 0.882. The Balaban J connectivity index is 2.49. The van der Waals surface area contributed by atoms with Gasteiger partial charge in [-0.1, -0.05) is 29.8 Å². The molecule has 0 aliphatic carbocycles. The highest BCUT2D eigenvalue weighted by Crippen LogP contribution is 2.21. The minimum atomic E-state index is -0.202. The lowest BCUT2D eigenvalue weighted by atomic mass is 10.1. The average molecular weight is 269 g/mol. The zero-order valence-electron chi connectivity index (χ0n) is 11.4. The number of hydrogen-bond acceptors (Lipinski definition) is 2. The van der Waals surface area contributed by atoms with Crippen molar-refractivity contribution in [1.29, 1.82) is 0 Å². The molecule has 1 amide bonds. The molecule has 3 nitrogen and oxygen atoms in total. The SMILES string of the molecule is C[C@@H](NCC(=O)NC(C)(C)C)c1ccccc1Cl. The normalized spacial score (nSPS) is 13.2. The van der Waals surface area contributed by atoms with Gasteiger partial charge in [0.1, 0.15) is 0 Å². The molecule has 0 bridgehead atoms. The van der Waals surface area contributed by atoms with Crippen LogP contribution in [-0.2, 0) is 4.79 Å². The molecular formula is C14H21ClN2O. The van der Waals surface area contributed by atoms with Crippen LogP contribution in [0.5, 0.6) is 0 Å². The van der Waals surface area contributed by atoms with Gasteiger partial charge >= 0.3 is 0 Å². The highest BCUT2D eigenvalue weighted by molar-refractivity contribution is 6.31. The maximum absolute atomic E-state index is 11.7. The van der Waals surface area contributed by atoms with E-state index >= 15 is 0 Å². The molecule has 4 heteroatoms. The number of carbonyl (C=O) groups excluding carboxylic acids is 1. The lowest BCUT2D eigenvalue weighted by Gasteiger charge is -2.22. The molecule has 1 atom stereocenters. The molecule has 0 fully saturated rings. The summed E-state index contributed by atoms with van der Waals surface area (Å²) >= 11 is 6.10. The first-order chi connectivity index (χ1) is 8.29. The Morgan fingerprint density at radius 2 is 1.94 bits per heavy atom. The van der Waals surface area contributed by atoms with E-state index in [4.69, 9.17) is 11.6 Å². The van der Waals surface area contributed by atoms with Crippen LogP contribution in [0.1, 0.15) is 39.3 Å². The zero-order valence-corrected chi connectivity index (χ0v) is 12.1. The van der Waals surface area contributed by atoms with Crippen LogP contribution in [-0.4, -0.2) is 18.0 Å². The maximum atomic E-state index is 11.7. The van der Waals surface area contributed by atoms with Gasteiger partial charge in [0.2, 0.25) is 5.91 Å². The summed E-state index contributed by atoms with van der Waals surface area (Å²) in [7, 11) is 0. The summed E-state index contributed by atoms with van der Waals surface area (Å²) < 4.78 is 0. The second-order valence-corrected chi connectivity index (χ2v) is 5.83. The van der Waals surface area contributed by atoms with Gasteiger partial charge < -0.3 is 10.6 Å². The molecule has 18 heavy (non-hydrogen) atoms. The molecule has 0 unspecified atom stereocenters. The molecule has 1 aromatic carbocycles. The van der Waals surface area contributed by atoms with E-state index in [-0.39, 0.29) is 24.0 Å². The Labute approximate surface area is 114 Å². The van der Waals surface area contributed by atoms with Gasteiger partial charge in [0.15, 0.2) is 0 Å². The zero-order chi connectivity index (χ0) is 13.8. The van der Waals surface area contributed by atoms with Crippen LogP contribution in [0.15, 0.2) is 24.3 Å². The van der Waals surface area contributed by atoms with Gasteiger partial charge in [-0.3, -0.25) is 4.79 Å². The van der Waals surface area contributed by atoms with E-state index in [1.165, 1.54) is 0 Å². The van der Waals surface area contributed by atoms with E-state index in [2.05, 4.69) is 10.6 Å². The topological polar surface area (TPSA) is 41.1 Å². The van der Waals surface area contributed by atoms with Crippen LogP contribution in [0.25, 0.3) is 0 Å². The number of nitrogens with one attached hydrogen (secondary N) is 2. The third kappa shape index (κ3) is 5.07. The summed E-state index contributed by atoms with van der Waals surface area (Å²) in [5.41, 5.74) is 0.801. The van der Waals surface area contributed by atoms with Gasteiger partial charge in [0, 0.05) is 16.6 Å². The maximum Gasteiger partial charge on any atom is 0.234 e. The molecule has 0 heterocycles. The highest BCUT2D eigenvalue weighted by atomic mass is 35.5. The highest BCUT2D eigenvalue weighted by Gasteiger charge is 2.15. The fraction of sp³-hybridized carbons (Fsp3) is 0.500. The summed E-state index contributed by atoms with van der Waals surface area (Å²) in [6.07, 6.45) is 0. The molecule has 0 spiro atoms. The minimum Gasteiger partial charge on any atom is -0.350 e. The largest absolute Gasteiger partial charge is 0.350 e. The molecular weight excluding hydrogens is 248 g/mol. The van der Waals surface area contributed by atoms with Crippen molar-refractivity contribution in [2.75, 3.05) is 6.54 Å². The monoisotopic (exact) mass is 268 g/mol. The second-order valence-electron chi connectivity index (χ2n) is 5.42. The van der Waals surface area contributed by atoms with Crippen LogP contribution >= 0.6 is 11.6 Å². The van der Waals surface area contributed by atoms with Crippen LogP contribution < -0.4 is 10.6 Å². The molecule has 2 N–H and O–H groups in total. The van der Waals surface area contributed by atoms with Crippen molar-refractivity contribution >= 4 is 17.5 Å². The molecule has 0 aliphatic heterocycles. The summed E-state index contributed by atoms with van der Waals surface area (Å²) in [6.45, 7) is 8.16. The van der Waals surface area contributed by atoms with Gasteiger partial charge in [-0.25, -0.2) is 0 Å². The molecule has 1 aromatic rings. The van der Waals surface area contributed by atoms with E-state index in [0.29, 0.717) is 5.02 Å². The van der Waals surface area contributed by atoms with Crippen LogP contribution in [0, 0.1) is 0 Å². The van der Waals surface area contributed by atoms with Gasteiger partial charge in [0.05, 0.1) is 6.54 Å². The van der Waals surface area contributed by atoms with E-state index in [1.807, 2.05) is 52.0 Å². The summed E-state index contributed by atoms with van der Waals surface area (Å²) in [4.78, 5) is 11.7. The lowest BCUT2D eigenvalue weighted by Crippen LogP contribution is -2.45. The second kappa shape index (κ2) is 6.21. The number of carbonyl (C=O) groups is 1. The average Bonchev–Trinajstić information content (AvgIpc) is 2.24. The van der Waals surface area contributed by atoms with Gasteiger partial charge in [-0.2, -0.15) is 0 Å². The molecule has 0 radical (unpaired) electrons. The summed E-state index contributed by atoms with van der Waals surface area (Å²) in [5.74, 6) is -0.0126. The van der Waals surface area contributed by atoms with E-state index < -0.39 is 0 Å². The van der Waals surface area contributed by atoms with Gasteiger partial charge in [-0.15, -0.1) is 0 Å². The smallest absolute Gasteiger partial charge is 0.234 e. The van der Waals surface area contributed by atoms with Crippen molar-refractivity contribution in [3.63, 3.8) is 0 Å². The molecule has 0 saturated heterocycles.